The lowest BCUT2D eigenvalue weighted by Gasteiger charge is -2.08. The van der Waals surface area contributed by atoms with Gasteiger partial charge in [0.2, 0.25) is 0 Å². The summed E-state index contributed by atoms with van der Waals surface area (Å²) in [5.74, 6) is 0.996. The zero-order valence-corrected chi connectivity index (χ0v) is 15.6. The molecule has 138 valence electrons. The van der Waals surface area contributed by atoms with E-state index in [-0.39, 0.29) is 24.2 Å². The molecule has 0 aliphatic heterocycles. The van der Waals surface area contributed by atoms with Crippen LogP contribution in [0.25, 0.3) is 11.5 Å². The molecule has 2 aromatic rings. The summed E-state index contributed by atoms with van der Waals surface area (Å²) in [5, 5.41) is 10.0. The van der Waals surface area contributed by atoms with E-state index in [0.29, 0.717) is 42.5 Å². The van der Waals surface area contributed by atoms with Gasteiger partial charge in [0, 0.05) is 32.7 Å². The predicted octanol–water partition coefficient (Wildman–Crippen LogP) is 2.25. The standard InChI is InChI=1S/C17H24N4O3.ClH/c1-12(2)15-20-17(24-21-15)14-7-5-4-6-13(14)16(22)19-9-8-18-10-11-23-3;/h4-7,12,18H,8-11H2,1-3H3,(H,19,22);1H. The topological polar surface area (TPSA) is 89.3 Å². The number of benzene rings is 1. The van der Waals surface area contributed by atoms with Crippen molar-refractivity contribution >= 4 is 18.3 Å². The highest BCUT2D eigenvalue weighted by Crippen LogP contribution is 2.23. The molecule has 1 aromatic carbocycles. The monoisotopic (exact) mass is 368 g/mol. The van der Waals surface area contributed by atoms with Gasteiger partial charge >= 0.3 is 0 Å². The molecule has 25 heavy (non-hydrogen) atoms. The van der Waals surface area contributed by atoms with Gasteiger partial charge in [-0.05, 0) is 12.1 Å². The second kappa shape index (κ2) is 10.8. The highest BCUT2D eigenvalue weighted by atomic mass is 35.5. The smallest absolute Gasteiger partial charge is 0.258 e. The average molecular weight is 369 g/mol. The molecule has 2 rings (SSSR count). The van der Waals surface area contributed by atoms with Crippen molar-refractivity contribution in [2.24, 2.45) is 0 Å². The molecule has 0 spiro atoms. The van der Waals surface area contributed by atoms with Crippen molar-refractivity contribution in [2.75, 3.05) is 33.4 Å². The van der Waals surface area contributed by atoms with Crippen molar-refractivity contribution in [1.29, 1.82) is 0 Å². The van der Waals surface area contributed by atoms with E-state index in [1.807, 2.05) is 32.0 Å². The summed E-state index contributed by atoms with van der Waals surface area (Å²) in [5.41, 5.74) is 1.16. The fourth-order valence-corrected chi connectivity index (χ4v) is 2.11. The Morgan fingerprint density at radius 1 is 1.24 bits per heavy atom. The number of aromatic nitrogens is 2. The Kier molecular flexibility index (Phi) is 9.12. The normalized spacial score (nSPS) is 10.6. The molecule has 8 heteroatoms. The van der Waals surface area contributed by atoms with Crippen LogP contribution in [0.15, 0.2) is 28.8 Å². The summed E-state index contributed by atoms with van der Waals surface area (Å²) >= 11 is 0. The van der Waals surface area contributed by atoms with E-state index >= 15 is 0 Å². The number of rotatable bonds is 9. The van der Waals surface area contributed by atoms with Gasteiger partial charge in [-0.2, -0.15) is 4.98 Å². The molecular formula is C17H25ClN4O3. The highest BCUT2D eigenvalue weighted by Gasteiger charge is 2.18. The van der Waals surface area contributed by atoms with Crippen molar-refractivity contribution in [3.63, 3.8) is 0 Å². The zero-order chi connectivity index (χ0) is 17.4. The first-order chi connectivity index (χ1) is 11.6. The van der Waals surface area contributed by atoms with Gasteiger partial charge < -0.3 is 19.9 Å². The first kappa shape index (κ1) is 21.1. The molecule has 0 fully saturated rings. The number of nitrogens with zero attached hydrogens (tertiary/aromatic N) is 2. The minimum absolute atomic E-state index is 0. The van der Waals surface area contributed by atoms with Crippen molar-refractivity contribution in [1.82, 2.24) is 20.8 Å². The summed E-state index contributed by atoms with van der Waals surface area (Å²) < 4.78 is 10.3. The number of hydrogen-bond donors (Lipinski definition) is 2. The van der Waals surface area contributed by atoms with Gasteiger partial charge in [0.05, 0.1) is 17.7 Å². The molecule has 0 aliphatic carbocycles. The molecule has 0 atom stereocenters. The summed E-state index contributed by atoms with van der Waals surface area (Å²) in [6.45, 7) is 6.58. The van der Waals surface area contributed by atoms with E-state index in [1.165, 1.54) is 0 Å². The van der Waals surface area contributed by atoms with Crippen molar-refractivity contribution < 1.29 is 14.1 Å². The molecule has 0 aliphatic rings. The second-order valence-corrected chi connectivity index (χ2v) is 5.66. The molecule has 1 aromatic heterocycles. The Morgan fingerprint density at radius 3 is 2.68 bits per heavy atom. The predicted molar refractivity (Wildman–Crippen MR) is 98.1 cm³/mol. The Morgan fingerprint density at radius 2 is 2.00 bits per heavy atom. The second-order valence-electron chi connectivity index (χ2n) is 5.66. The van der Waals surface area contributed by atoms with Gasteiger partial charge in [-0.15, -0.1) is 12.4 Å². The number of amides is 1. The molecule has 0 bridgehead atoms. The minimum Gasteiger partial charge on any atom is -0.383 e. The van der Waals surface area contributed by atoms with E-state index < -0.39 is 0 Å². The summed E-state index contributed by atoms with van der Waals surface area (Å²) in [6.07, 6.45) is 0. The van der Waals surface area contributed by atoms with Crippen LogP contribution < -0.4 is 10.6 Å². The highest BCUT2D eigenvalue weighted by molar-refractivity contribution is 5.99. The van der Waals surface area contributed by atoms with Crippen LogP contribution in [-0.2, 0) is 4.74 Å². The fraction of sp³-hybridized carbons (Fsp3) is 0.471. The summed E-state index contributed by atoms with van der Waals surface area (Å²) in [4.78, 5) is 16.8. The van der Waals surface area contributed by atoms with Crippen LogP contribution >= 0.6 is 12.4 Å². The van der Waals surface area contributed by atoms with Gasteiger partial charge in [-0.3, -0.25) is 4.79 Å². The lowest BCUT2D eigenvalue weighted by molar-refractivity contribution is 0.0954. The van der Waals surface area contributed by atoms with Crippen molar-refractivity contribution in [3.8, 4) is 11.5 Å². The maximum absolute atomic E-state index is 12.4. The average Bonchev–Trinajstić information content (AvgIpc) is 3.08. The first-order valence-electron chi connectivity index (χ1n) is 8.04. The van der Waals surface area contributed by atoms with Gasteiger partial charge in [0.25, 0.3) is 11.8 Å². The van der Waals surface area contributed by atoms with E-state index in [0.717, 1.165) is 6.54 Å². The van der Waals surface area contributed by atoms with Crippen LogP contribution in [-0.4, -0.2) is 49.4 Å². The van der Waals surface area contributed by atoms with E-state index in [1.54, 1.807) is 13.2 Å². The van der Waals surface area contributed by atoms with Gasteiger partial charge in [-0.1, -0.05) is 31.1 Å². The SMILES string of the molecule is COCCNCCNC(=O)c1ccccc1-c1nc(C(C)C)no1.Cl. The van der Waals surface area contributed by atoms with Crippen LogP contribution in [0, 0.1) is 0 Å². The van der Waals surface area contributed by atoms with Gasteiger partial charge in [0.15, 0.2) is 5.82 Å². The van der Waals surface area contributed by atoms with E-state index in [9.17, 15) is 4.79 Å². The Balaban J connectivity index is 0.00000312. The largest absolute Gasteiger partial charge is 0.383 e. The Hall–Kier alpha value is -1.96. The van der Waals surface area contributed by atoms with Gasteiger partial charge in [0.1, 0.15) is 0 Å². The van der Waals surface area contributed by atoms with Crippen LogP contribution in [0.3, 0.4) is 0 Å². The van der Waals surface area contributed by atoms with E-state index in [4.69, 9.17) is 9.26 Å². The lowest BCUT2D eigenvalue weighted by Crippen LogP contribution is -2.33. The molecule has 0 saturated heterocycles. The molecule has 7 nitrogen and oxygen atoms in total. The van der Waals surface area contributed by atoms with Gasteiger partial charge in [-0.25, -0.2) is 0 Å². The van der Waals surface area contributed by atoms with Crippen molar-refractivity contribution in [3.05, 3.63) is 35.7 Å². The maximum Gasteiger partial charge on any atom is 0.258 e. The summed E-state index contributed by atoms with van der Waals surface area (Å²) in [6, 6.07) is 7.22. The quantitative estimate of drug-likeness (QED) is 0.660. The molecule has 0 unspecified atom stereocenters. The number of nitrogens with one attached hydrogen (secondary N) is 2. The van der Waals surface area contributed by atoms with Crippen LogP contribution in [0.5, 0.6) is 0 Å². The maximum atomic E-state index is 12.4. The number of methoxy groups -OCH3 is 1. The third-order valence-corrected chi connectivity index (χ3v) is 3.43. The number of ether oxygens (including phenoxy) is 1. The number of carbonyl (C=O) groups excluding carboxylic acids is 1. The number of halogens is 1. The molecule has 2 N–H and O–H groups in total. The van der Waals surface area contributed by atoms with Crippen LogP contribution in [0.1, 0.15) is 35.9 Å². The fourth-order valence-electron chi connectivity index (χ4n) is 2.11. The molecule has 0 radical (unpaired) electrons. The zero-order valence-electron chi connectivity index (χ0n) is 14.7. The number of hydrogen-bond acceptors (Lipinski definition) is 6. The molecule has 1 amide bonds. The Labute approximate surface area is 153 Å². The Bertz CT molecular complexity index is 661. The van der Waals surface area contributed by atoms with Crippen LogP contribution in [0.4, 0.5) is 0 Å². The number of carbonyl (C=O) groups is 1. The minimum atomic E-state index is -0.163. The van der Waals surface area contributed by atoms with Crippen molar-refractivity contribution in [2.45, 2.75) is 19.8 Å². The summed E-state index contributed by atoms with van der Waals surface area (Å²) in [7, 11) is 1.66. The molecular weight excluding hydrogens is 344 g/mol. The first-order valence-corrected chi connectivity index (χ1v) is 8.04. The third kappa shape index (κ3) is 6.12. The van der Waals surface area contributed by atoms with Crippen LogP contribution in [0.2, 0.25) is 0 Å². The van der Waals surface area contributed by atoms with E-state index in [2.05, 4.69) is 20.8 Å². The molecule has 0 saturated carbocycles. The molecule has 1 heterocycles. The third-order valence-electron chi connectivity index (χ3n) is 3.43. The lowest BCUT2D eigenvalue weighted by atomic mass is 10.1.